The number of alkyl halides is 1. The molecule has 2 aromatic rings. The van der Waals surface area contributed by atoms with Crippen LogP contribution in [0.4, 0.5) is 0 Å². The monoisotopic (exact) mass is 305 g/mol. The minimum Gasteiger partial charge on any atom is -0.508 e. The number of benzene rings is 2. The molecule has 0 aliphatic heterocycles. The van der Waals surface area contributed by atoms with Crippen LogP contribution in [0.15, 0.2) is 48.5 Å². The summed E-state index contributed by atoms with van der Waals surface area (Å²) in [6.07, 6.45) is 0.606. The van der Waals surface area contributed by atoms with E-state index in [0.29, 0.717) is 6.42 Å². The summed E-state index contributed by atoms with van der Waals surface area (Å²) in [5.41, 5.74) is 1.18. The van der Waals surface area contributed by atoms with Crippen molar-refractivity contribution in [1.29, 1.82) is 0 Å². The summed E-state index contributed by atoms with van der Waals surface area (Å²) in [7, 11) is 0. The van der Waals surface area contributed by atoms with Gasteiger partial charge in [-0.15, -0.1) is 11.6 Å². The third-order valence-electron chi connectivity index (χ3n) is 3.07. The second-order valence-corrected chi connectivity index (χ2v) is 5.02. The molecule has 1 unspecified atom stereocenters. The Morgan fingerprint density at radius 3 is 2.48 bits per heavy atom. The summed E-state index contributed by atoms with van der Waals surface area (Å²) in [5, 5.41) is 21.7. The van der Waals surface area contributed by atoms with Crippen molar-refractivity contribution in [2.45, 2.75) is 12.5 Å². The van der Waals surface area contributed by atoms with Crippen molar-refractivity contribution in [3.8, 4) is 11.5 Å². The van der Waals surface area contributed by atoms with Gasteiger partial charge >= 0.3 is 0 Å². The Hall–Kier alpha value is -2.20. The molecular formula is C16H16ClNO3. The average molecular weight is 306 g/mol. The maximum atomic E-state index is 12.1. The van der Waals surface area contributed by atoms with Gasteiger partial charge in [-0.1, -0.05) is 30.3 Å². The highest BCUT2D eigenvalue weighted by Crippen LogP contribution is 2.22. The smallest absolute Gasteiger partial charge is 0.255 e. The van der Waals surface area contributed by atoms with Gasteiger partial charge in [-0.2, -0.15) is 0 Å². The minimum atomic E-state index is -0.422. The first kappa shape index (κ1) is 15.2. The van der Waals surface area contributed by atoms with Gasteiger partial charge in [-0.3, -0.25) is 4.79 Å². The molecule has 1 atom stereocenters. The standard InChI is InChI=1S/C16H16ClNO3/c17-10-12(8-11-4-2-1-3-5-11)18-16(21)14-7-6-13(19)9-15(14)20/h1-7,9,12,19-20H,8,10H2,(H,18,21). The number of phenolic OH excluding ortho intramolecular Hbond substituents is 2. The van der Waals surface area contributed by atoms with Crippen LogP contribution in [0.5, 0.6) is 11.5 Å². The van der Waals surface area contributed by atoms with Gasteiger partial charge in [0.25, 0.3) is 5.91 Å². The van der Waals surface area contributed by atoms with Gasteiger partial charge in [0, 0.05) is 18.0 Å². The lowest BCUT2D eigenvalue weighted by Gasteiger charge is -2.16. The van der Waals surface area contributed by atoms with Crippen LogP contribution in [-0.4, -0.2) is 28.0 Å². The third-order valence-corrected chi connectivity index (χ3v) is 3.44. The molecule has 2 aromatic carbocycles. The summed E-state index contributed by atoms with van der Waals surface area (Å²) in [6, 6.07) is 13.3. The summed E-state index contributed by atoms with van der Waals surface area (Å²) in [4.78, 5) is 12.1. The van der Waals surface area contributed by atoms with Gasteiger partial charge in [-0.05, 0) is 24.1 Å². The summed E-state index contributed by atoms with van der Waals surface area (Å²) in [6.45, 7) is 0. The predicted octanol–water partition coefficient (Wildman–Crippen LogP) is 2.68. The van der Waals surface area contributed by atoms with Gasteiger partial charge in [0.2, 0.25) is 0 Å². The van der Waals surface area contributed by atoms with Crippen LogP contribution in [0.2, 0.25) is 0 Å². The van der Waals surface area contributed by atoms with E-state index in [0.717, 1.165) is 11.6 Å². The molecule has 21 heavy (non-hydrogen) atoms. The molecule has 110 valence electrons. The average Bonchev–Trinajstić information content (AvgIpc) is 2.47. The summed E-state index contributed by atoms with van der Waals surface area (Å²) >= 11 is 5.90. The SMILES string of the molecule is O=C(NC(CCl)Cc1ccccc1)c1ccc(O)cc1O. The van der Waals surface area contributed by atoms with E-state index in [1.807, 2.05) is 30.3 Å². The largest absolute Gasteiger partial charge is 0.508 e. The maximum absolute atomic E-state index is 12.1. The minimum absolute atomic E-state index is 0.0952. The van der Waals surface area contributed by atoms with Crippen molar-refractivity contribution in [1.82, 2.24) is 5.32 Å². The van der Waals surface area contributed by atoms with E-state index in [4.69, 9.17) is 11.6 Å². The number of nitrogens with one attached hydrogen (secondary N) is 1. The van der Waals surface area contributed by atoms with E-state index in [-0.39, 0.29) is 29.0 Å². The highest BCUT2D eigenvalue weighted by molar-refractivity contribution is 6.18. The zero-order valence-corrected chi connectivity index (χ0v) is 12.0. The van der Waals surface area contributed by atoms with E-state index in [9.17, 15) is 15.0 Å². The molecule has 0 aliphatic carbocycles. The van der Waals surface area contributed by atoms with Crippen molar-refractivity contribution < 1.29 is 15.0 Å². The Labute approximate surface area is 128 Å². The topological polar surface area (TPSA) is 69.6 Å². The Kier molecular flexibility index (Phi) is 5.06. The molecular weight excluding hydrogens is 290 g/mol. The third kappa shape index (κ3) is 4.13. The van der Waals surface area contributed by atoms with Crippen LogP contribution in [-0.2, 0) is 6.42 Å². The van der Waals surface area contributed by atoms with Crippen molar-refractivity contribution in [3.05, 3.63) is 59.7 Å². The lowest BCUT2D eigenvalue weighted by Crippen LogP contribution is -2.37. The fourth-order valence-electron chi connectivity index (χ4n) is 2.02. The number of phenols is 2. The molecule has 0 spiro atoms. The highest BCUT2D eigenvalue weighted by Gasteiger charge is 2.16. The normalized spacial score (nSPS) is 11.9. The van der Waals surface area contributed by atoms with Gasteiger partial charge in [0.05, 0.1) is 5.56 Å². The van der Waals surface area contributed by atoms with E-state index >= 15 is 0 Å². The molecule has 0 heterocycles. The molecule has 0 fully saturated rings. The van der Waals surface area contributed by atoms with E-state index < -0.39 is 5.91 Å². The fraction of sp³-hybridized carbons (Fsp3) is 0.188. The van der Waals surface area contributed by atoms with Crippen molar-refractivity contribution >= 4 is 17.5 Å². The first-order valence-corrected chi connectivity index (χ1v) is 7.06. The number of carbonyl (C=O) groups is 1. The molecule has 0 aliphatic rings. The van der Waals surface area contributed by atoms with Gasteiger partial charge in [-0.25, -0.2) is 0 Å². The van der Waals surface area contributed by atoms with Crippen LogP contribution < -0.4 is 5.32 Å². The molecule has 2 rings (SSSR count). The number of amides is 1. The Morgan fingerprint density at radius 2 is 1.86 bits per heavy atom. The van der Waals surface area contributed by atoms with E-state index in [1.54, 1.807) is 0 Å². The molecule has 3 N–H and O–H groups in total. The lowest BCUT2D eigenvalue weighted by atomic mass is 10.1. The fourth-order valence-corrected chi connectivity index (χ4v) is 2.20. The molecule has 1 amide bonds. The van der Waals surface area contributed by atoms with Crippen molar-refractivity contribution in [2.24, 2.45) is 0 Å². The molecule has 5 heteroatoms. The number of aromatic hydroxyl groups is 2. The van der Waals surface area contributed by atoms with Crippen molar-refractivity contribution in [2.75, 3.05) is 5.88 Å². The quantitative estimate of drug-likeness (QED) is 0.744. The molecule has 0 radical (unpaired) electrons. The van der Waals surface area contributed by atoms with Crippen LogP contribution in [0.3, 0.4) is 0 Å². The second kappa shape index (κ2) is 6.99. The Bertz CT molecular complexity index is 616. The number of hydrogen-bond acceptors (Lipinski definition) is 3. The van der Waals surface area contributed by atoms with Crippen LogP contribution in [0.1, 0.15) is 15.9 Å². The first-order chi connectivity index (χ1) is 10.1. The first-order valence-electron chi connectivity index (χ1n) is 6.53. The zero-order valence-electron chi connectivity index (χ0n) is 11.3. The molecule has 0 aromatic heterocycles. The van der Waals surface area contributed by atoms with E-state index in [1.165, 1.54) is 12.1 Å². The maximum Gasteiger partial charge on any atom is 0.255 e. The van der Waals surface area contributed by atoms with Gasteiger partial charge in [0.1, 0.15) is 11.5 Å². The zero-order chi connectivity index (χ0) is 15.2. The summed E-state index contributed by atoms with van der Waals surface area (Å²) in [5.74, 6) is -0.517. The van der Waals surface area contributed by atoms with Gasteiger partial charge in [0.15, 0.2) is 0 Å². The number of halogens is 1. The Balaban J connectivity index is 2.06. The Morgan fingerprint density at radius 1 is 1.14 bits per heavy atom. The van der Waals surface area contributed by atoms with Crippen LogP contribution in [0.25, 0.3) is 0 Å². The lowest BCUT2D eigenvalue weighted by molar-refractivity contribution is 0.0938. The molecule has 4 nitrogen and oxygen atoms in total. The predicted molar refractivity (Wildman–Crippen MR) is 81.9 cm³/mol. The van der Waals surface area contributed by atoms with Crippen LogP contribution in [0, 0.1) is 0 Å². The molecule has 0 saturated heterocycles. The second-order valence-electron chi connectivity index (χ2n) is 4.72. The highest BCUT2D eigenvalue weighted by atomic mass is 35.5. The molecule has 0 saturated carbocycles. The number of carbonyl (C=O) groups excluding carboxylic acids is 1. The van der Waals surface area contributed by atoms with E-state index in [2.05, 4.69) is 5.32 Å². The van der Waals surface area contributed by atoms with Crippen molar-refractivity contribution in [3.63, 3.8) is 0 Å². The van der Waals surface area contributed by atoms with Crippen LogP contribution >= 0.6 is 11.6 Å². The number of rotatable bonds is 5. The number of hydrogen-bond donors (Lipinski definition) is 3. The van der Waals surface area contributed by atoms with Gasteiger partial charge < -0.3 is 15.5 Å². The molecule has 0 bridgehead atoms. The summed E-state index contributed by atoms with van der Waals surface area (Å²) < 4.78 is 0.